The number of urea groups is 3. The number of aliphatic hydroxyl groups is 2. The summed E-state index contributed by atoms with van der Waals surface area (Å²) in [6, 6.07) is 7.20. The monoisotopic (exact) mass is 544 g/mol. The molecule has 2 N–H and O–H groups in total. The van der Waals surface area contributed by atoms with E-state index < -0.39 is 59.9 Å². The number of carbonyl (C=O) groups excluding carboxylic acids is 5. The van der Waals surface area contributed by atoms with E-state index in [1.165, 1.54) is 19.2 Å². The Morgan fingerprint density at radius 3 is 1.77 bits per heavy atom. The van der Waals surface area contributed by atoms with E-state index >= 15 is 0 Å². The number of aliphatic hydroxyl groups excluding tert-OH is 2. The van der Waals surface area contributed by atoms with E-state index in [1.54, 1.807) is 45.0 Å². The Kier molecular flexibility index (Phi) is 9.38. The molecule has 0 bridgehead atoms. The summed E-state index contributed by atoms with van der Waals surface area (Å²) in [6.45, 7) is 4.17. The van der Waals surface area contributed by atoms with E-state index in [1.807, 2.05) is 0 Å². The van der Waals surface area contributed by atoms with E-state index in [0.717, 1.165) is 9.80 Å². The highest BCUT2D eigenvalue weighted by atomic mass is 16.5. The van der Waals surface area contributed by atoms with E-state index in [0.29, 0.717) is 17.2 Å². The Bertz CT molecular complexity index is 1270. The quantitative estimate of drug-likeness (QED) is 0.321. The molecule has 2 aromatic rings. The molecular formula is C27H34N3O9+. The zero-order valence-electron chi connectivity index (χ0n) is 22.5. The molecule has 0 radical (unpaired) electrons. The van der Waals surface area contributed by atoms with Crippen LogP contribution in [-0.4, -0.2) is 107 Å². The first kappa shape index (κ1) is 29.7. The van der Waals surface area contributed by atoms with Gasteiger partial charge in [-0.1, -0.05) is 31.2 Å². The fourth-order valence-corrected chi connectivity index (χ4v) is 4.40. The number of benzene rings is 2. The summed E-state index contributed by atoms with van der Waals surface area (Å²) < 4.78 is 9.86. The maximum absolute atomic E-state index is 13.1. The van der Waals surface area contributed by atoms with Gasteiger partial charge in [0.05, 0.1) is 36.9 Å². The van der Waals surface area contributed by atoms with Gasteiger partial charge in [-0.15, -0.1) is 0 Å². The van der Waals surface area contributed by atoms with Crippen LogP contribution in [0.3, 0.4) is 0 Å². The van der Waals surface area contributed by atoms with Gasteiger partial charge in [0.2, 0.25) is 0 Å². The van der Waals surface area contributed by atoms with Gasteiger partial charge in [-0.3, -0.25) is 0 Å². The van der Waals surface area contributed by atoms with Crippen molar-refractivity contribution in [2.24, 2.45) is 0 Å². The number of carbonyl (C=O) groups is 5. The van der Waals surface area contributed by atoms with Crippen LogP contribution in [0.2, 0.25) is 0 Å². The van der Waals surface area contributed by atoms with Crippen LogP contribution in [-0.2, 0) is 9.47 Å². The van der Waals surface area contributed by atoms with Crippen molar-refractivity contribution in [1.82, 2.24) is 9.80 Å². The predicted octanol–water partition coefficient (Wildman–Crippen LogP) is 2.75. The molecule has 39 heavy (non-hydrogen) atoms. The fourth-order valence-electron chi connectivity index (χ4n) is 4.40. The summed E-state index contributed by atoms with van der Waals surface area (Å²) in [7, 11) is 1.27. The number of rotatable bonds is 11. The van der Waals surface area contributed by atoms with Gasteiger partial charge in [-0.05, 0) is 43.2 Å². The molecule has 0 saturated carbocycles. The SMILES string of the molecule is CCC(O)COC(=O)c1ccc(C(=O)OCC(O)CN2C(=O)N(C)C(=O)[N+](CC)(CC)C2=O)c2ccccc12. The second-order valence-corrected chi connectivity index (χ2v) is 9.24. The standard InChI is InChI=1S/C27H34N3O9/c1-5-17(31)15-38-23(33)21-12-13-22(20-11-9-8-10-19(20)21)24(34)39-16-18(32)14-29-25(35)28(4)26(36)30(6-2,7-3)27(29)37/h8-13,17-18,31-32H,5-7,14-16H2,1-4H3/q+1. The van der Waals surface area contributed by atoms with Crippen LogP contribution in [0.5, 0.6) is 0 Å². The summed E-state index contributed by atoms with van der Waals surface area (Å²) >= 11 is 0. The van der Waals surface area contributed by atoms with Crippen molar-refractivity contribution in [2.45, 2.75) is 39.4 Å². The van der Waals surface area contributed by atoms with Gasteiger partial charge in [0, 0.05) is 7.05 Å². The van der Waals surface area contributed by atoms with Gasteiger partial charge in [-0.25, -0.2) is 33.8 Å². The van der Waals surface area contributed by atoms with Crippen molar-refractivity contribution in [2.75, 3.05) is 39.9 Å². The summed E-state index contributed by atoms with van der Waals surface area (Å²) in [6.07, 6.45) is -1.77. The second kappa shape index (κ2) is 12.3. The first-order valence-corrected chi connectivity index (χ1v) is 12.8. The molecule has 2 unspecified atom stereocenters. The van der Waals surface area contributed by atoms with Crippen molar-refractivity contribution in [1.29, 1.82) is 0 Å². The number of imide groups is 3. The maximum Gasteiger partial charge on any atom is 0.436 e. The molecule has 6 amide bonds. The molecule has 1 heterocycles. The minimum Gasteiger partial charge on any atom is -0.459 e. The molecular weight excluding hydrogens is 510 g/mol. The lowest BCUT2D eigenvalue weighted by atomic mass is 9.99. The lowest BCUT2D eigenvalue weighted by Crippen LogP contribution is -2.73. The molecule has 210 valence electrons. The highest BCUT2D eigenvalue weighted by Gasteiger charge is 2.55. The topological polar surface area (TPSA) is 151 Å². The van der Waals surface area contributed by atoms with Crippen LogP contribution in [0.4, 0.5) is 14.4 Å². The van der Waals surface area contributed by atoms with Crippen molar-refractivity contribution in [3.63, 3.8) is 0 Å². The summed E-state index contributed by atoms with van der Waals surface area (Å²) in [5.41, 5.74) is 0.339. The van der Waals surface area contributed by atoms with Gasteiger partial charge in [0.15, 0.2) is 0 Å². The smallest absolute Gasteiger partial charge is 0.436 e. The third-order valence-electron chi connectivity index (χ3n) is 6.89. The minimum absolute atomic E-state index is 0.128. The zero-order chi connectivity index (χ0) is 28.9. The minimum atomic E-state index is -1.41. The summed E-state index contributed by atoms with van der Waals surface area (Å²) in [5, 5.41) is 21.1. The van der Waals surface area contributed by atoms with Crippen molar-refractivity contribution < 1.29 is 48.1 Å². The number of nitrogens with zero attached hydrogens (tertiary/aromatic N) is 3. The number of β-amino-alcohol motifs (C(OH)–C–C–N with tert-alkyl or cyclic N) is 1. The molecule has 2 aromatic carbocycles. The average Bonchev–Trinajstić information content (AvgIpc) is 2.95. The number of hydrogen-bond donors (Lipinski definition) is 2. The second-order valence-electron chi connectivity index (χ2n) is 9.24. The lowest BCUT2D eigenvalue weighted by molar-refractivity contribution is -0.773. The van der Waals surface area contributed by atoms with Crippen LogP contribution >= 0.6 is 0 Å². The summed E-state index contributed by atoms with van der Waals surface area (Å²) in [4.78, 5) is 65.5. The fraction of sp³-hybridized carbons (Fsp3) is 0.444. The first-order valence-electron chi connectivity index (χ1n) is 12.8. The number of amides is 6. The Hall–Kier alpha value is -3.87. The Labute approximate surface area is 225 Å². The Morgan fingerprint density at radius 2 is 1.31 bits per heavy atom. The molecule has 3 rings (SSSR count). The number of fused-ring (bicyclic) bond motifs is 1. The molecule has 0 spiro atoms. The molecule has 12 heteroatoms. The van der Waals surface area contributed by atoms with E-state index in [2.05, 4.69) is 0 Å². The van der Waals surface area contributed by atoms with Crippen LogP contribution in [0.15, 0.2) is 36.4 Å². The molecule has 0 aromatic heterocycles. The first-order chi connectivity index (χ1) is 18.5. The normalized spacial score (nSPS) is 16.8. The average molecular weight is 545 g/mol. The molecule has 1 fully saturated rings. The molecule has 12 nitrogen and oxygen atoms in total. The number of ether oxygens (including phenoxy) is 2. The van der Waals surface area contributed by atoms with Gasteiger partial charge in [0.1, 0.15) is 19.3 Å². The molecule has 2 atom stereocenters. The molecule has 1 aliphatic rings. The van der Waals surface area contributed by atoms with Crippen LogP contribution in [0, 0.1) is 0 Å². The number of esters is 2. The number of hydrogen-bond acceptors (Lipinski definition) is 9. The van der Waals surface area contributed by atoms with Gasteiger partial charge in [0.25, 0.3) is 0 Å². The van der Waals surface area contributed by atoms with E-state index in [9.17, 15) is 34.2 Å². The van der Waals surface area contributed by atoms with Gasteiger partial charge < -0.3 is 19.7 Å². The van der Waals surface area contributed by atoms with Crippen molar-refractivity contribution in [3.8, 4) is 0 Å². The zero-order valence-corrected chi connectivity index (χ0v) is 22.5. The summed E-state index contributed by atoms with van der Waals surface area (Å²) in [5.74, 6) is -1.44. The predicted molar refractivity (Wildman–Crippen MR) is 139 cm³/mol. The Balaban J connectivity index is 1.73. The maximum atomic E-state index is 13.1. The van der Waals surface area contributed by atoms with Crippen molar-refractivity contribution in [3.05, 3.63) is 47.5 Å². The van der Waals surface area contributed by atoms with Crippen LogP contribution < -0.4 is 0 Å². The van der Waals surface area contributed by atoms with E-state index in [-0.39, 0.29) is 30.8 Å². The molecule has 1 aliphatic heterocycles. The van der Waals surface area contributed by atoms with Crippen LogP contribution in [0.25, 0.3) is 10.8 Å². The van der Waals surface area contributed by atoms with Gasteiger partial charge >= 0.3 is 30.0 Å². The van der Waals surface area contributed by atoms with Gasteiger partial charge in [-0.2, -0.15) is 4.48 Å². The van der Waals surface area contributed by atoms with Crippen molar-refractivity contribution >= 4 is 40.8 Å². The third kappa shape index (κ3) is 5.77. The lowest BCUT2D eigenvalue weighted by Gasteiger charge is -2.41. The van der Waals surface area contributed by atoms with Crippen LogP contribution in [0.1, 0.15) is 47.9 Å². The molecule has 1 saturated heterocycles. The third-order valence-corrected chi connectivity index (χ3v) is 6.89. The largest absolute Gasteiger partial charge is 0.459 e. The highest BCUT2D eigenvalue weighted by Crippen LogP contribution is 2.25. The highest BCUT2D eigenvalue weighted by molar-refractivity contribution is 6.11. The molecule has 0 aliphatic carbocycles. The van der Waals surface area contributed by atoms with E-state index in [4.69, 9.17) is 9.47 Å². The number of quaternary nitrogens is 1. The Morgan fingerprint density at radius 1 is 0.821 bits per heavy atom.